The van der Waals surface area contributed by atoms with Crippen LogP contribution in [0.2, 0.25) is 0 Å². The highest BCUT2D eigenvalue weighted by molar-refractivity contribution is 4.67. The van der Waals surface area contributed by atoms with Crippen molar-refractivity contribution < 1.29 is 5.11 Å². The molecule has 0 heterocycles. The lowest BCUT2D eigenvalue weighted by atomic mass is 10.0. The molecule has 1 aliphatic rings. The van der Waals surface area contributed by atoms with Crippen molar-refractivity contribution in [1.82, 2.24) is 4.90 Å². The van der Waals surface area contributed by atoms with Gasteiger partial charge in [-0.25, -0.2) is 0 Å². The van der Waals surface area contributed by atoms with Crippen molar-refractivity contribution in [3.63, 3.8) is 0 Å². The Bertz CT molecular complexity index is 121. The first-order valence-corrected chi connectivity index (χ1v) is 5.62. The van der Waals surface area contributed by atoms with Crippen LogP contribution >= 0.6 is 0 Å². The lowest BCUT2D eigenvalue weighted by molar-refractivity contribution is 0.217. The van der Waals surface area contributed by atoms with Gasteiger partial charge in [0.2, 0.25) is 0 Å². The summed E-state index contributed by atoms with van der Waals surface area (Å²) in [6.45, 7) is 2.27. The molecule has 1 aliphatic carbocycles. The third-order valence-corrected chi connectivity index (χ3v) is 3.11. The summed E-state index contributed by atoms with van der Waals surface area (Å²) in [5.41, 5.74) is 0. The summed E-state index contributed by atoms with van der Waals surface area (Å²) in [5, 5.41) is 8.71. The van der Waals surface area contributed by atoms with Gasteiger partial charge in [-0.3, -0.25) is 0 Å². The maximum Gasteiger partial charge on any atom is 0.0558 e. The molecule has 0 spiro atoms. The fourth-order valence-electron chi connectivity index (χ4n) is 2.23. The van der Waals surface area contributed by atoms with Crippen molar-refractivity contribution in [2.24, 2.45) is 5.92 Å². The molecule has 0 aromatic heterocycles. The highest BCUT2D eigenvalue weighted by atomic mass is 16.3. The van der Waals surface area contributed by atoms with Gasteiger partial charge in [-0.2, -0.15) is 0 Å². The second-order valence-corrected chi connectivity index (χ2v) is 4.32. The Morgan fingerprint density at radius 1 is 1.23 bits per heavy atom. The lowest BCUT2D eigenvalue weighted by Gasteiger charge is -2.16. The second kappa shape index (κ2) is 6.39. The van der Waals surface area contributed by atoms with Gasteiger partial charge in [0.25, 0.3) is 0 Å². The zero-order valence-electron chi connectivity index (χ0n) is 8.84. The molecule has 1 N–H and O–H groups in total. The van der Waals surface area contributed by atoms with Crippen LogP contribution in [0.5, 0.6) is 0 Å². The number of rotatable bonds is 6. The van der Waals surface area contributed by atoms with Crippen molar-refractivity contribution in [2.45, 2.75) is 38.5 Å². The number of aliphatic hydroxyl groups is 1. The van der Waals surface area contributed by atoms with Gasteiger partial charge in [0, 0.05) is 6.54 Å². The standard InChI is InChI=1S/C11H23NO/c1-12(9-10-13)8-4-7-11-5-2-3-6-11/h11,13H,2-10H2,1H3. The number of nitrogens with zero attached hydrogens (tertiary/aromatic N) is 1. The fraction of sp³-hybridized carbons (Fsp3) is 1.00. The Hall–Kier alpha value is -0.0800. The van der Waals surface area contributed by atoms with E-state index in [4.69, 9.17) is 5.11 Å². The molecule has 0 atom stereocenters. The first kappa shape index (κ1) is 11.0. The molecule has 0 saturated heterocycles. The number of hydrogen-bond donors (Lipinski definition) is 1. The fourth-order valence-corrected chi connectivity index (χ4v) is 2.23. The molecule has 1 fully saturated rings. The van der Waals surface area contributed by atoms with Gasteiger partial charge in [-0.15, -0.1) is 0 Å². The van der Waals surface area contributed by atoms with Crippen LogP contribution < -0.4 is 0 Å². The molecule has 78 valence electrons. The average molecular weight is 185 g/mol. The lowest BCUT2D eigenvalue weighted by Crippen LogP contribution is -2.23. The van der Waals surface area contributed by atoms with E-state index in [2.05, 4.69) is 11.9 Å². The zero-order chi connectivity index (χ0) is 9.52. The van der Waals surface area contributed by atoms with Gasteiger partial charge in [-0.1, -0.05) is 25.7 Å². The number of likely N-dealkylation sites (N-methyl/N-ethyl adjacent to an activating group) is 1. The summed E-state index contributed by atoms with van der Waals surface area (Å²) in [5.74, 6) is 1.02. The van der Waals surface area contributed by atoms with E-state index in [1.54, 1.807) is 0 Å². The Balaban J connectivity index is 1.93. The summed E-state index contributed by atoms with van der Waals surface area (Å²) in [6.07, 6.45) is 8.54. The van der Waals surface area contributed by atoms with Gasteiger partial charge in [0.15, 0.2) is 0 Å². The van der Waals surface area contributed by atoms with E-state index in [0.717, 1.165) is 19.0 Å². The van der Waals surface area contributed by atoms with Crippen molar-refractivity contribution in [3.05, 3.63) is 0 Å². The van der Waals surface area contributed by atoms with Crippen molar-refractivity contribution in [1.29, 1.82) is 0 Å². The van der Waals surface area contributed by atoms with Crippen LogP contribution in [0.25, 0.3) is 0 Å². The largest absolute Gasteiger partial charge is 0.395 e. The van der Waals surface area contributed by atoms with E-state index in [1.165, 1.54) is 38.5 Å². The third-order valence-electron chi connectivity index (χ3n) is 3.11. The van der Waals surface area contributed by atoms with Gasteiger partial charge in [-0.05, 0) is 32.4 Å². The molecule has 0 aromatic rings. The smallest absolute Gasteiger partial charge is 0.0558 e. The monoisotopic (exact) mass is 185 g/mol. The molecule has 0 aliphatic heterocycles. The molecule has 0 radical (unpaired) electrons. The highest BCUT2D eigenvalue weighted by Gasteiger charge is 2.14. The van der Waals surface area contributed by atoms with Crippen molar-refractivity contribution in [3.8, 4) is 0 Å². The normalized spacial score (nSPS) is 18.7. The molecule has 0 amide bonds. The molecular formula is C11H23NO. The van der Waals surface area contributed by atoms with E-state index in [9.17, 15) is 0 Å². The quantitative estimate of drug-likeness (QED) is 0.683. The second-order valence-electron chi connectivity index (χ2n) is 4.32. The molecule has 1 rings (SSSR count). The molecule has 0 unspecified atom stereocenters. The van der Waals surface area contributed by atoms with Crippen LogP contribution in [-0.2, 0) is 0 Å². The highest BCUT2D eigenvalue weighted by Crippen LogP contribution is 2.28. The van der Waals surface area contributed by atoms with Crippen LogP contribution in [0.3, 0.4) is 0 Å². The molecule has 2 heteroatoms. The van der Waals surface area contributed by atoms with Gasteiger partial charge < -0.3 is 10.0 Å². The molecule has 2 nitrogen and oxygen atoms in total. The Morgan fingerprint density at radius 3 is 2.54 bits per heavy atom. The minimum absolute atomic E-state index is 0.292. The topological polar surface area (TPSA) is 23.5 Å². The van der Waals surface area contributed by atoms with Gasteiger partial charge in [0.1, 0.15) is 0 Å². The van der Waals surface area contributed by atoms with E-state index < -0.39 is 0 Å². The summed E-state index contributed by atoms with van der Waals surface area (Å²) in [7, 11) is 2.09. The molecule has 0 bridgehead atoms. The van der Waals surface area contributed by atoms with Crippen molar-refractivity contribution in [2.75, 3.05) is 26.7 Å². The summed E-state index contributed by atoms with van der Waals surface area (Å²) in [4.78, 5) is 2.22. The molecule has 1 saturated carbocycles. The Kier molecular flexibility index (Phi) is 5.40. The van der Waals surface area contributed by atoms with Crippen molar-refractivity contribution >= 4 is 0 Å². The minimum atomic E-state index is 0.292. The zero-order valence-corrected chi connectivity index (χ0v) is 8.84. The molecular weight excluding hydrogens is 162 g/mol. The van der Waals surface area contributed by atoms with E-state index in [-0.39, 0.29) is 0 Å². The minimum Gasteiger partial charge on any atom is -0.395 e. The van der Waals surface area contributed by atoms with E-state index >= 15 is 0 Å². The van der Waals surface area contributed by atoms with Crippen LogP contribution in [0.1, 0.15) is 38.5 Å². The molecule has 0 aromatic carbocycles. The number of hydrogen-bond acceptors (Lipinski definition) is 2. The number of aliphatic hydroxyl groups excluding tert-OH is 1. The average Bonchev–Trinajstić information content (AvgIpc) is 2.57. The Morgan fingerprint density at radius 2 is 1.92 bits per heavy atom. The van der Waals surface area contributed by atoms with Crippen LogP contribution in [0.15, 0.2) is 0 Å². The third kappa shape index (κ3) is 4.63. The summed E-state index contributed by atoms with van der Waals surface area (Å²) in [6, 6.07) is 0. The van der Waals surface area contributed by atoms with E-state index in [1.807, 2.05) is 0 Å². The van der Waals surface area contributed by atoms with Crippen LogP contribution in [0.4, 0.5) is 0 Å². The van der Waals surface area contributed by atoms with Gasteiger partial charge >= 0.3 is 0 Å². The maximum atomic E-state index is 8.71. The van der Waals surface area contributed by atoms with Crippen LogP contribution in [0, 0.1) is 5.92 Å². The van der Waals surface area contributed by atoms with E-state index in [0.29, 0.717) is 6.61 Å². The van der Waals surface area contributed by atoms with Gasteiger partial charge in [0.05, 0.1) is 6.61 Å². The predicted molar refractivity (Wildman–Crippen MR) is 55.8 cm³/mol. The first-order valence-electron chi connectivity index (χ1n) is 5.62. The summed E-state index contributed by atoms with van der Waals surface area (Å²) < 4.78 is 0. The predicted octanol–water partition coefficient (Wildman–Crippen LogP) is 1.88. The first-order chi connectivity index (χ1) is 6.33. The summed E-state index contributed by atoms with van der Waals surface area (Å²) >= 11 is 0. The van der Waals surface area contributed by atoms with Crippen LogP contribution in [-0.4, -0.2) is 36.8 Å². The SMILES string of the molecule is CN(CCO)CCCC1CCCC1. The maximum absolute atomic E-state index is 8.71. The molecule has 13 heavy (non-hydrogen) atoms. The Labute approximate surface area is 81.9 Å².